The number of hydrogen-bond donors (Lipinski definition) is 2. The molecule has 0 spiro atoms. The van der Waals surface area contributed by atoms with Crippen molar-refractivity contribution in [1.82, 2.24) is 20.1 Å². The largest absolute Gasteiger partial charge is 0.497 e. The summed E-state index contributed by atoms with van der Waals surface area (Å²) < 4.78 is 13.2. The summed E-state index contributed by atoms with van der Waals surface area (Å²) in [7, 11) is 3.24. The van der Waals surface area contributed by atoms with E-state index in [1.165, 1.54) is 0 Å². The van der Waals surface area contributed by atoms with Gasteiger partial charge in [0.25, 0.3) is 11.8 Å². The first-order chi connectivity index (χ1) is 21.8. The Morgan fingerprint density at radius 3 is 2.28 bits per heavy atom. The molecule has 2 aromatic carbocycles. The molecule has 2 aliphatic rings. The number of carbonyl (C=O) groups excluding carboxylic acids is 3. The minimum Gasteiger partial charge on any atom is -0.497 e. The maximum Gasteiger partial charge on any atom is 0.410 e. The molecular weight excluding hydrogens is 582 g/mol. The van der Waals surface area contributed by atoms with Crippen molar-refractivity contribution in [2.45, 2.75) is 84.7 Å². The lowest BCUT2D eigenvalue weighted by atomic mass is 10.00. The summed E-state index contributed by atoms with van der Waals surface area (Å²) in [5.41, 5.74) is 5.20. The molecule has 0 radical (unpaired) electrons. The number of aryl methyl sites for hydroxylation is 2. The zero-order valence-corrected chi connectivity index (χ0v) is 28.3. The standard InChI is InChI=1S/C36H47N5O5/c1-9-39-19-26(17-32(39)34(43)37-7)25-14-24(15-30(16-25)45-8)23(3)38-33(42)31-18-27(11-10-22(31)2)40-20-28-12-13-29(21-40)41(28)35(44)46-36(4,5)6/h10-11,14-19,23,28-29H,9,12-13,20-21H2,1-8H3,(H,37,43)(H,38,42)/t23-,28-,29+/m1/s1. The molecule has 3 aromatic rings. The van der Waals surface area contributed by atoms with Crippen molar-refractivity contribution < 1.29 is 23.9 Å². The minimum atomic E-state index is -0.534. The maximum atomic E-state index is 13.7. The Bertz CT molecular complexity index is 1610. The van der Waals surface area contributed by atoms with Gasteiger partial charge in [0, 0.05) is 49.7 Å². The normalized spacial score (nSPS) is 18.3. The molecule has 10 nitrogen and oxygen atoms in total. The van der Waals surface area contributed by atoms with Crippen LogP contribution < -0.4 is 20.3 Å². The smallest absolute Gasteiger partial charge is 0.410 e. The van der Waals surface area contributed by atoms with E-state index < -0.39 is 5.60 Å². The second-order valence-corrected chi connectivity index (χ2v) is 13.3. The van der Waals surface area contributed by atoms with Gasteiger partial charge in [-0.15, -0.1) is 0 Å². The number of piperazine rings is 1. The molecule has 2 fully saturated rings. The fraction of sp³-hybridized carbons (Fsp3) is 0.472. The van der Waals surface area contributed by atoms with Crippen LogP contribution in [0.5, 0.6) is 5.75 Å². The Hall–Kier alpha value is -4.47. The Labute approximate surface area is 272 Å². The maximum absolute atomic E-state index is 13.7. The lowest BCUT2D eigenvalue weighted by Crippen LogP contribution is -2.56. The van der Waals surface area contributed by atoms with E-state index in [1.54, 1.807) is 14.2 Å². The molecule has 0 unspecified atom stereocenters. The number of nitrogens with one attached hydrogen (secondary N) is 2. The molecule has 1 aromatic heterocycles. The number of hydrogen-bond acceptors (Lipinski definition) is 6. The van der Waals surface area contributed by atoms with Gasteiger partial charge in [0.05, 0.1) is 25.2 Å². The van der Waals surface area contributed by atoms with Crippen LogP contribution in [-0.4, -0.2) is 72.3 Å². The Morgan fingerprint density at radius 1 is 0.978 bits per heavy atom. The van der Waals surface area contributed by atoms with Gasteiger partial charge in [0.1, 0.15) is 17.0 Å². The summed E-state index contributed by atoms with van der Waals surface area (Å²) in [4.78, 5) is 43.3. The number of methoxy groups -OCH3 is 1. The summed E-state index contributed by atoms with van der Waals surface area (Å²) in [6.45, 7) is 13.6. The van der Waals surface area contributed by atoms with Crippen molar-refractivity contribution >= 4 is 23.6 Å². The number of amides is 3. The van der Waals surface area contributed by atoms with E-state index in [2.05, 4.69) is 21.6 Å². The molecule has 10 heteroatoms. The van der Waals surface area contributed by atoms with E-state index in [1.807, 2.05) is 93.6 Å². The van der Waals surface area contributed by atoms with Crippen molar-refractivity contribution in [3.8, 4) is 16.9 Å². The first-order valence-electron chi connectivity index (χ1n) is 16.1. The van der Waals surface area contributed by atoms with Gasteiger partial charge in [0.2, 0.25) is 0 Å². The van der Waals surface area contributed by atoms with Crippen LogP contribution in [0.4, 0.5) is 10.5 Å². The highest BCUT2D eigenvalue weighted by Crippen LogP contribution is 2.35. The van der Waals surface area contributed by atoms with Crippen LogP contribution in [0.25, 0.3) is 11.1 Å². The van der Waals surface area contributed by atoms with Gasteiger partial charge in [-0.1, -0.05) is 6.07 Å². The number of fused-ring (bicyclic) bond motifs is 2. The monoisotopic (exact) mass is 629 g/mol. The SMILES string of the molecule is CCn1cc(-c2cc(OC)cc([C@@H](C)NC(=O)c3cc(N4C[C@H]5CC[C@@H](C4)N5C(=O)OC(C)(C)C)ccc3C)c2)cc1C(=O)NC. The van der Waals surface area contributed by atoms with E-state index >= 15 is 0 Å². The van der Waals surface area contributed by atoms with Crippen molar-refractivity contribution in [2.75, 3.05) is 32.1 Å². The summed E-state index contributed by atoms with van der Waals surface area (Å²) >= 11 is 0. The highest BCUT2D eigenvalue weighted by Gasteiger charge is 2.44. The molecular formula is C36H47N5O5. The first-order valence-corrected chi connectivity index (χ1v) is 16.1. The predicted molar refractivity (Wildman–Crippen MR) is 180 cm³/mol. The number of rotatable bonds is 8. The summed E-state index contributed by atoms with van der Waals surface area (Å²) in [6.07, 6.45) is 3.60. The van der Waals surface area contributed by atoms with Crippen molar-refractivity contribution in [3.63, 3.8) is 0 Å². The molecule has 5 rings (SSSR count). The molecule has 3 heterocycles. The van der Waals surface area contributed by atoms with Crippen LogP contribution in [-0.2, 0) is 11.3 Å². The van der Waals surface area contributed by atoms with E-state index in [0.29, 0.717) is 36.6 Å². The zero-order valence-electron chi connectivity index (χ0n) is 28.3. The predicted octanol–water partition coefficient (Wildman–Crippen LogP) is 5.93. The van der Waals surface area contributed by atoms with Crippen LogP contribution in [0.15, 0.2) is 48.7 Å². The number of nitrogens with zero attached hydrogens (tertiary/aromatic N) is 3. The Balaban J connectivity index is 1.33. The molecule has 3 atom stereocenters. The third-order valence-corrected chi connectivity index (χ3v) is 8.96. The molecule has 246 valence electrons. The second-order valence-electron chi connectivity index (χ2n) is 13.3. The Morgan fingerprint density at radius 2 is 1.67 bits per heavy atom. The molecule has 2 N–H and O–H groups in total. The number of ether oxygens (including phenoxy) is 2. The number of carbonyl (C=O) groups is 3. The van der Waals surface area contributed by atoms with E-state index in [9.17, 15) is 14.4 Å². The highest BCUT2D eigenvalue weighted by molar-refractivity contribution is 5.97. The average Bonchev–Trinajstić information content (AvgIpc) is 3.58. The molecule has 2 bridgehead atoms. The fourth-order valence-corrected chi connectivity index (χ4v) is 6.54. The molecule has 0 aliphatic carbocycles. The van der Waals surface area contributed by atoms with Gasteiger partial charge < -0.3 is 29.6 Å². The lowest BCUT2D eigenvalue weighted by Gasteiger charge is -2.42. The van der Waals surface area contributed by atoms with Crippen molar-refractivity contribution in [1.29, 1.82) is 0 Å². The number of aromatic nitrogens is 1. The van der Waals surface area contributed by atoms with E-state index in [0.717, 1.165) is 40.8 Å². The zero-order chi connectivity index (χ0) is 33.3. The van der Waals surface area contributed by atoms with Gasteiger partial charge >= 0.3 is 6.09 Å². The van der Waals surface area contributed by atoms with Crippen molar-refractivity contribution in [3.05, 3.63) is 71.0 Å². The van der Waals surface area contributed by atoms with Crippen molar-refractivity contribution in [2.24, 2.45) is 0 Å². The van der Waals surface area contributed by atoms with Gasteiger partial charge in [0.15, 0.2) is 0 Å². The minimum absolute atomic E-state index is 0.0797. The van der Waals surface area contributed by atoms with Gasteiger partial charge in [-0.25, -0.2) is 4.79 Å². The third-order valence-electron chi connectivity index (χ3n) is 8.96. The second kappa shape index (κ2) is 13.1. The molecule has 2 saturated heterocycles. The summed E-state index contributed by atoms with van der Waals surface area (Å²) in [5.74, 6) is 0.357. The van der Waals surface area contributed by atoms with Gasteiger partial charge in [-0.2, -0.15) is 0 Å². The highest BCUT2D eigenvalue weighted by atomic mass is 16.6. The third kappa shape index (κ3) is 6.85. The number of benzene rings is 2. The van der Waals surface area contributed by atoms with Crippen LogP contribution >= 0.6 is 0 Å². The van der Waals surface area contributed by atoms with Crippen LogP contribution in [0.1, 0.15) is 85.5 Å². The Kier molecular flexibility index (Phi) is 9.37. The molecule has 3 amide bonds. The lowest BCUT2D eigenvalue weighted by molar-refractivity contribution is 0.0123. The van der Waals surface area contributed by atoms with Crippen LogP contribution in [0, 0.1) is 6.92 Å². The first kappa shape index (κ1) is 32.9. The topological polar surface area (TPSA) is 105 Å². The van der Waals surface area contributed by atoms with Gasteiger partial charge in [-0.3, -0.25) is 14.5 Å². The van der Waals surface area contributed by atoms with Crippen LogP contribution in [0.2, 0.25) is 0 Å². The van der Waals surface area contributed by atoms with Crippen LogP contribution in [0.3, 0.4) is 0 Å². The average molecular weight is 630 g/mol. The van der Waals surface area contributed by atoms with E-state index in [4.69, 9.17) is 9.47 Å². The fourth-order valence-electron chi connectivity index (χ4n) is 6.54. The quantitative estimate of drug-likeness (QED) is 0.320. The summed E-state index contributed by atoms with van der Waals surface area (Å²) in [5, 5.41) is 5.90. The van der Waals surface area contributed by atoms with Gasteiger partial charge in [-0.05, 0) is 107 Å². The van der Waals surface area contributed by atoms with E-state index in [-0.39, 0.29) is 36.0 Å². The molecule has 0 saturated carbocycles. The molecule has 2 aliphatic heterocycles. The summed E-state index contributed by atoms with van der Waals surface area (Å²) in [6, 6.07) is 13.6. The molecule has 46 heavy (non-hydrogen) atoms. The number of anilines is 1.